The smallest absolute Gasteiger partial charge is 0.338 e. The SMILES string of the molecule is CCOC(=O)C1=CC=C(C)CC(O)=C1. The van der Waals surface area contributed by atoms with Crippen LogP contribution >= 0.6 is 0 Å². The van der Waals surface area contributed by atoms with E-state index < -0.39 is 5.97 Å². The van der Waals surface area contributed by atoms with Crippen molar-refractivity contribution in [2.75, 3.05) is 6.61 Å². The van der Waals surface area contributed by atoms with Gasteiger partial charge in [-0.2, -0.15) is 0 Å². The molecule has 0 aromatic rings. The zero-order valence-corrected chi connectivity index (χ0v) is 8.41. The lowest BCUT2D eigenvalue weighted by atomic mass is 10.2. The van der Waals surface area contributed by atoms with E-state index in [0.717, 1.165) is 5.57 Å². The molecule has 0 spiro atoms. The molecule has 1 rings (SSSR count). The number of ether oxygens (including phenoxy) is 1. The van der Waals surface area contributed by atoms with Gasteiger partial charge in [-0.1, -0.05) is 11.6 Å². The molecule has 0 unspecified atom stereocenters. The Bertz CT molecular complexity index is 321. The van der Waals surface area contributed by atoms with Gasteiger partial charge in [0.1, 0.15) is 0 Å². The van der Waals surface area contributed by atoms with Gasteiger partial charge >= 0.3 is 5.97 Å². The molecule has 0 saturated carbocycles. The summed E-state index contributed by atoms with van der Waals surface area (Å²) in [5.74, 6) is -0.208. The van der Waals surface area contributed by atoms with Crippen molar-refractivity contribution in [3.8, 4) is 0 Å². The van der Waals surface area contributed by atoms with Gasteiger partial charge in [0.25, 0.3) is 0 Å². The van der Waals surface area contributed by atoms with E-state index in [0.29, 0.717) is 18.6 Å². The van der Waals surface area contributed by atoms with Crippen LogP contribution in [-0.4, -0.2) is 17.7 Å². The highest BCUT2D eigenvalue weighted by atomic mass is 16.5. The van der Waals surface area contributed by atoms with Crippen LogP contribution in [-0.2, 0) is 9.53 Å². The highest BCUT2D eigenvalue weighted by Gasteiger charge is 2.10. The molecule has 0 atom stereocenters. The summed E-state index contributed by atoms with van der Waals surface area (Å²) in [7, 11) is 0. The van der Waals surface area contributed by atoms with E-state index in [-0.39, 0.29) is 5.76 Å². The average molecular weight is 194 g/mol. The van der Waals surface area contributed by atoms with Crippen LogP contribution in [0.3, 0.4) is 0 Å². The van der Waals surface area contributed by atoms with Crippen molar-refractivity contribution in [3.05, 3.63) is 35.1 Å². The van der Waals surface area contributed by atoms with Gasteiger partial charge < -0.3 is 9.84 Å². The fourth-order valence-corrected chi connectivity index (χ4v) is 1.20. The third-order valence-corrected chi connectivity index (χ3v) is 1.84. The lowest BCUT2D eigenvalue weighted by Gasteiger charge is -2.01. The molecule has 0 fully saturated rings. The second-order valence-electron chi connectivity index (χ2n) is 3.17. The molecule has 0 aromatic heterocycles. The second-order valence-corrected chi connectivity index (χ2v) is 3.17. The maximum atomic E-state index is 11.3. The van der Waals surface area contributed by atoms with Gasteiger partial charge in [0, 0.05) is 6.42 Å². The van der Waals surface area contributed by atoms with Crippen molar-refractivity contribution < 1.29 is 14.6 Å². The molecular weight excluding hydrogens is 180 g/mol. The maximum absolute atomic E-state index is 11.3. The van der Waals surface area contributed by atoms with Crippen molar-refractivity contribution in [3.63, 3.8) is 0 Å². The molecule has 0 radical (unpaired) electrons. The summed E-state index contributed by atoms with van der Waals surface area (Å²) in [4.78, 5) is 11.3. The van der Waals surface area contributed by atoms with Crippen molar-refractivity contribution in [2.45, 2.75) is 20.3 Å². The molecular formula is C11H14O3. The quantitative estimate of drug-likeness (QED) is 0.686. The van der Waals surface area contributed by atoms with E-state index in [9.17, 15) is 9.90 Å². The molecule has 0 amide bonds. The zero-order valence-electron chi connectivity index (χ0n) is 8.41. The Morgan fingerprint density at radius 1 is 1.57 bits per heavy atom. The molecule has 0 bridgehead atoms. The van der Waals surface area contributed by atoms with Crippen LogP contribution in [0.2, 0.25) is 0 Å². The minimum atomic E-state index is -0.398. The number of hydrogen-bond acceptors (Lipinski definition) is 3. The standard InChI is InChI=1S/C11H14O3/c1-3-14-11(13)9-5-4-8(2)6-10(12)7-9/h4-5,7,12H,3,6H2,1-2H3. The van der Waals surface area contributed by atoms with Gasteiger partial charge in [-0.15, -0.1) is 0 Å². The zero-order chi connectivity index (χ0) is 10.6. The van der Waals surface area contributed by atoms with E-state index in [1.165, 1.54) is 6.08 Å². The van der Waals surface area contributed by atoms with Crippen molar-refractivity contribution in [1.82, 2.24) is 0 Å². The summed E-state index contributed by atoms with van der Waals surface area (Å²) >= 11 is 0. The number of rotatable bonds is 2. The third-order valence-electron chi connectivity index (χ3n) is 1.84. The number of aliphatic hydroxyl groups is 1. The number of aliphatic hydroxyl groups excluding tert-OH is 1. The summed E-state index contributed by atoms with van der Waals surface area (Å²) < 4.78 is 4.83. The molecule has 1 aliphatic carbocycles. The third kappa shape index (κ3) is 2.76. The number of carbonyl (C=O) groups excluding carboxylic acids is 1. The first-order valence-corrected chi connectivity index (χ1v) is 4.57. The molecule has 1 N–H and O–H groups in total. The minimum Gasteiger partial charge on any atom is -0.512 e. The Kier molecular flexibility index (Phi) is 3.51. The Morgan fingerprint density at radius 3 is 2.93 bits per heavy atom. The van der Waals surface area contributed by atoms with E-state index in [1.54, 1.807) is 13.0 Å². The highest BCUT2D eigenvalue weighted by Crippen LogP contribution is 2.16. The van der Waals surface area contributed by atoms with Crippen molar-refractivity contribution in [2.24, 2.45) is 0 Å². The first kappa shape index (κ1) is 10.6. The van der Waals surface area contributed by atoms with Crippen LogP contribution in [0.4, 0.5) is 0 Å². The molecule has 76 valence electrons. The van der Waals surface area contributed by atoms with Gasteiger partial charge in [0.15, 0.2) is 0 Å². The molecule has 0 aromatic carbocycles. The fraction of sp³-hybridized carbons (Fsp3) is 0.364. The Labute approximate surface area is 83.4 Å². The van der Waals surface area contributed by atoms with Crippen LogP contribution in [0, 0.1) is 0 Å². The number of carbonyl (C=O) groups is 1. The fourth-order valence-electron chi connectivity index (χ4n) is 1.20. The second kappa shape index (κ2) is 4.65. The molecule has 14 heavy (non-hydrogen) atoms. The van der Waals surface area contributed by atoms with E-state index >= 15 is 0 Å². The van der Waals surface area contributed by atoms with Gasteiger partial charge in [-0.3, -0.25) is 0 Å². The van der Waals surface area contributed by atoms with Gasteiger partial charge in [0.05, 0.1) is 17.9 Å². The summed E-state index contributed by atoms with van der Waals surface area (Å²) in [5, 5.41) is 9.42. The van der Waals surface area contributed by atoms with Crippen LogP contribution in [0.5, 0.6) is 0 Å². The van der Waals surface area contributed by atoms with Gasteiger partial charge in [-0.25, -0.2) is 4.79 Å². The lowest BCUT2D eigenvalue weighted by molar-refractivity contribution is -0.138. The van der Waals surface area contributed by atoms with Crippen molar-refractivity contribution in [1.29, 1.82) is 0 Å². The molecule has 3 heteroatoms. The minimum absolute atomic E-state index is 0.190. The Hall–Kier alpha value is -1.51. The highest BCUT2D eigenvalue weighted by molar-refractivity contribution is 5.92. The molecule has 1 aliphatic rings. The summed E-state index contributed by atoms with van der Waals surface area (Å²) in [6, 6.07) is 0. The topological polar surface area (TPSA) is 46.5 Å². The molecule has 3 nitrogen and oxygen atoms in total. The molecule has 0 aliphatic heterocycles. The van der Waals surface area contributed by atoms with Crippen LogP contribution in [0.15, 0.2) is 35.1 Å². The summed E-state index contributed by atoms with van der Waals surface area (Å²) in [6.07, 6.45) is 5.41. The number of esters is 1. The van der Waals surface area contributed by atoms with Crippen LogP contribution in [0.1, 0.15) is 20.3 Å². The summed E-state index contributed by atoms with van der Waals surface area (Å²) in [5.41, 5.74) is 1.40. The maximum Gasteiger partial charge on any atom is 0.338 e. The number of allylic oxidation sites excluding steroid dienone is 3. The first-order valence-electron chi connectivity index (χ1n) is 4.57. The molecule has 0 heterocycles. The predicted molar refractivity (Wildman–Crippen MR) is 53.8 cm³/mol. The first-order chi connectivity index (χ1) is 6.63. The van der Waals surface area contributed by atoms with E-state index in [1.807, 2.05) is 13.0 Å². The monoisotopic (exact) mass is 194 g/mol. The normalized spacial score (nSPS) is 16.3. The van der Waals surface area contributed by atoms with E-state index in [2.05, 4.69) is 0 Å². The van der Waals surface area contributed by atoms with Crippen molar-refractivity contribution >= 4 is 5.97 Å². The predicted octanol–water partition coefficient (Wildman–Crippen LogP) is 2.27. The largest absolute Gasteiger partial charge is 0.512 e. The summed E-state index contributed by atoms with van der Waals surface area (Å²) in [6.45, 7) is 3.99. The molecule has 0 saturated heterocycles. The van der Waals surface area contributed by atoms with E-state index in [4.69, 9.17) is 4.74 Å². The Morgan fingerprint density at radius 2 is 2.29 bits per heavy atom. The Balaban J connectivity index is 2.87. The van der Waals surface area contributed by atoms with Crippen LogP contribution in [0.25, 0.3) is 0 Å². The lowest BCUT2D eigenvalue weighted by Crippen LogP contribution is -2.06. The van der Waals surface area contributed by atoms with Crippen LogP contribution < -0.4 is 0 Å². The average Bonchev–Trinajstić information content (AvgIpc) is 2.27. The van der Waals surface area contributed by atoms with Gasteiger partial charge in [-0.05, 0) is 26.0 Å². The number of hydrogen-bond donors (Lipinski definition) is 1. The van der Waals surface area contributed by atoms with Gasteiger partial charge in [0.2, 0.25) is 0 Å².